The predicted molar refractivity (Wildman–Crippen MR) is 98.1 cm³/mol. The van der Waals surface area contributed by atoms with E-state index < -0.39 is 29.8 Å². The Kier molecular flexibility index (Phi) is 4.70. The predicted octanol–water partition coefficient (Wildman–Crippen LogP) is 3.05. The number of rotatable bonds is 3. The normalized spacial score (nSPS) is 15.0. The number of fused-ring (bicyclic) bond motifs is 1. The van der Waals surface area contributed by atoms with E-state index in [4.69, 9.17) is 4.74 Å². The Morgan fingerprint density at radius 2 is 1.89 bits per heavy atom. The van der Waals surface area contributed by atoms with Crippen molar-refractivity contribution in [2.75, 3.05) is 16.8 Å². The van der Waals surface area contributed by atoms with Gasteiger partial charge in [-0.25, -0.2) is 9.18 Å². The number of nitrogens with one attached hydrogen (secondary N) is 1. The molecule has 1 aliphatic rings. The van der Waals surface area contributed by atoms with Crippen molar-refractivity contribution in [3.05, 3.63) is 59.4 Å². The number of ether oxygens (including phenoxy) is 1. The van der Waals surface area contributed by atoms with Crippen LogP contribution >= 0.6 is 0 Å². The topological polar surface area (TPSA) is 75.7 Å². The van der Waals surface area contributed by atoms with Crippen LogP contribution in [0, 0.1) is 12.7 Å². The van der Waals surface area contributed by atoms with Gasteiger partial charge >= 0.3 is 5.97 Å². The van der Waals surface area contributed by atoms with E-state index in [1.807, 2.05) is 0 Å². The van der Waals surface area contributed by atoms with Gasteiger partial charge in [-0.1, -0.05) is 18.2 Å². The minimum atomic E-state index is -1.16. The Hall–Kier alpha value is -3.22. The van der Waals surface area contributed by atoms with Gasteiger partial charge in [0.25, 0.3) is 5.91 Å². The standard InChI is InChI=1S/C20H19FN2O4/c1-12-8-9-13(10-14(12)21)18(25)27-11-17(24)23-16-7-5-4-6-15(16)22-19(26)20(23,2)3/h4-10H,11H2,1-3H3,(H,22,26). The van der Waals surface area contributed by atoms with Crippen molar-refractivity contribution in [2.45, 2.75) is 26.3 Å². The fourth-order valence-corrected chi connectivity index (χ4v) is 2.89. The minimum absolute atomic E-state index is 0.0157. The zero-order valence-electron chi connectivity index (χ0n) is 15.2. The fraction of sp³-hybridized carbons (Fsp3) is 0.250. The smallest absolute Gasteiger partial charge is 0.338 e. The number of benzene rings is 2. The van der Waals surface area contributed by atoms with Crippen molar-refractivity contribution in [3.8, 4) is 0 Å². The summed E-state index contributed by atoms with van der Waals surface area (Å²) in [7, 11) is 0. The molecule has 0 unspecified atom stereocenters. The van der Waals surface area contributed by atoms with Crippen LogP contribution in [0.5, 0.6) is 0 Å². The quantitative estimate of drug-likeness (QED) is 0.843. The summed E-state index contributed by atoms with van der Waals surface area (Å²) < 4.78 is 18.7. The summed E-state index contributed by atoms with van der Waals surface area (Å²) in [6.45, 7) is 4.22. The molecule has 0 atom stereocenters. The number of aryl methyl sites for hydroxylation is 1. The molecule has 140 valence electrons. The number of para-hydroxylation sites is 2. The van der Waals surface area contributed by atoms with Crippen LogP contribution in [0.3, 0.4) is 0 Å². The van der Waals surface area contributed by atoms with E-state index in [1.165, 1.54) is 17.0 Å². The SMILES string of the molecule is Cc1ccc(C(=O)OCC(=O)N2c3ccccc3NC(=O)C2(C)C)cc1F. The van der Waals surface area contributed by atoms with Crippen LogP contribution in [0.4, 0.5) is 15.8 Å². The molecular formula is C20H19FN2O4. The van der Waals surface area contributed by atoms with Crippen molar-refractivity contribution < 1.29 is 23.5 Å². The van der Waals surface area contributed by atoms with E-state index in [2.05, 4.69) is 5.32 Å². The third kappa shape index (κ3) is 3.40. The second kappa shape index (κ2) is 6.83. The van der Waals surface area contributed by atoms with E-state index in [1.54, 1.807) is 45.0 Å². The molecule has 1 heterocycles. The number of halogens is 1. The second-order valence-electron chi connectivity index (χ2n) is 6.80. The van der Waals surface area contributed by atoms with E-state index in [0.29, 0.717) is 16.9 Å². The van der Waals surface area contributed by atoms with E-state index in [0.717, 1.165) is 6.07 Å². The zero-order valence-corrected chi connectivity index (χ0v) is 15.2. The van der Waals surface area contributed by atoms with Crippen molar-refractivity contribution in [3.63, 3.8) is 0 Å². The Morgan fingerprint density at radius 3 is 2.59 bits per heavy atom. The van der Waals surface area contributed by atoms with Gasteiger partial charge < -0.3 is 10.1 Å². The van der Waals surface area contributed by atoms with Gasteiger partial charge in [-0.05, 0) is 50.6 Å². The lowest BCUT2D eigenvalue weighted by Crippen LogP contribution is -2.59. The number of esters is 1. The number of anilines is 2. The Bertz CT molecular complexity index is 939. The lowest BCUT2D eigenvalue weighted by molar-refractivity contribution is -0.128. The lowest BCUT2D eigenvalue weighted by Gasteiger charge is -2.41. The average molecular weight is 370 g/mol. The second-order valence-corrected chi connectivity index (χ2v) is 6.80. The van der Waals surface area contributed by atoms with Crippen LogP contribution in [-0.4, -0.2) is 29.9 Å². The molecule has 0 saturated heterocycles. The first-order valence-electron chi connectivity index (χ1n) is 8.38. The third-order valence-electron chi connectivity index (χ3n) is 4.49. The average Bonchev–Trinajstić information content (AvgIpc) is 2.62. The molecule has 2 amide bonds. The van der Waals surface area contributed by atoms with Crippen molar-refractivity contribution in [1.29, 1.82) is 0 Å². The van der Waals surface area contributed by atoms with Crippen molar-refractivity contribution in [1.82, 2.24) is 0 Å². The highest BCUT2D eigenvalue weighted by Gasteiger charge is 2.43. The van der Waals surface area contributed by atoms with Crippen molar-refractivity contribution >= 4 is 29.2 Å². The van der Waals surface area contributed by atoms with Crippen LogP contribution in [0.15, 0.2) is 42.5 Å². The Morgan fingerprint density at radius 1 is 1.19 bits per heavy atom. The van der Waals surface area contributed by atoms with Gasteiger partial charge in [-0.2, -0.15) is 0 Å². The van der Waals surface area contributed by atoms with E-state index in [9.17, 15) is 18.8 Å². The van der Waals surface area contributed by atoms with Gasteiger partial charge in [0.15, 0.2) is 6.61 Å². The summed E-state index contributed by atoms with van der Waals surface area (Å²) in [6.07, 6.45) is 0. The number of carbonyl (C=O) groups is 3. The summed E-state index contributed by atoms with van der Waals surface area (Å²) >= 11 is 0. The van der Waals surface area contributed by atoms with Gasteiger partial charge in [0.1, 0.15) is 11.4 Å². The largest absolute Gasteiger partial charge is 0.452 e. The summed E-state index contributed by atoms with van der Waals surface area (Å²) in [5.41, 5.74) is 0.280. The Balaban J connectivity index is 1.79. The molecule has 0 radical (unpaired) electrons. The van der Waals surface area contributed by atoms with Crippen LogP contribution in [-0.2, 0) is 14.3 Å². The first kappa shape index (κ1) is 18.6. The van der Waals surface area contributed by atoms with Crippen LogP contribution in [0.1, 0.15) is 29.8 Å². The van der Waals surface area contributed by atoms with E-state index in [-0.39, 0.29) is 11.5 Å². The maximum absolute atomic E-state index is 13.6. The summed E-state index contributed by atoms with van der Waals surface area (Å²) in [5.74, 6) is -2.24. The van der Waals surface area contributed by atoms with Crippen molar-refractivity contribution in [2.24, 2.45) is 0 Å². The first-order valence-corrected chi connectivity index (χ1v) is 8.38. The number of hydrogen-bond donors (Lipinski definition) is 1. The number of hydrogen-bond acceptors (Lipinski definition) is 4. The lowest BCUT2D eigenvalue weighted by atomic mass is 9.96. The molecule has 0 bridgehead atoms. The first-order chi connectivity index (χ1) is 12.7. The molecule has 2 aromatic rings. The molecular weight excluding hydrogens is 351 g/mol. The highest BCUT2D eigenvalue weighted by molar-refractivity contribution is 6.14. The maximum atomic E-state index is 13.6. The molecule has 1 aliphatic heterocycles. The number of nitrogens with zero attached hydrogens (tertiary/aromatic N) is 1. The number of carbonyl (C=O) groups excluding carboxylic acids is 3. The molecule has 1 N–H and O–H groups in total. The number of amides is 2. The monoisotopic (exact) mass is 370 g/mol. The highest BCUT2D eigenvalue weighted by atomic mass is 19.1. The van der Waals surface area contributed by atoms with Gasteiger partial charge in [-0.3, -0.25) is 14.5 Å². The maximum Gasteiger partial charge on any atom is 0.338 e. The molecule has 3 rings (SSSR count). The molecule has 7 heteroatoms. The van der Waals surface area contributed by atoms with E-state index >= 15 is 0 Å². The molecule has 0 spiro atoms. The zero-order chi connectivity index (χ0) is 19.8. The van der Waals surface area contributed by atoms with Gasteiger partial charge in [0.05, 0.1) is 16.9 Å². The molecule has 6 nitrogen and oxygen atoms in total. The third-order valence-corrected chi connectivity index (χ3v) is 4.49. The molecule has 0 aliphatic carbocycles. The molecule has 27 heavy (non-hydrogen) atoms. The molecule has 0 saturated carbocycles. The van der Waals surface area contributed by atoms with Gasteiger partial charge in [0, 0.05) is 0 Å². The summed E-state index contributed by atoms with van der Waals surface area (Å²) in [5, 5.41) is 2.75. The van der Waals surface area contributed by atoms with Crippen LogP contribution < -0.4 is 10.2 Å². The van der Waals surface area contributed by atoms with Crippen LogP contribution in [0.25, 0.3) is 0 Å². The summed E-state index contributed by atoms with van der Waals surface area (Å²) in [6, 6.07) is 10.8. The molecule has 2 aromatic carbocycles. The van der Waals surface area contributed by atoms with Gasteiger partial charge in [-0.15, -0.1) is 0 Å². The minimum Gasteiger partial charge on any atom is -0.452 e. The Labute approximate surface area is 155 Å². The summed E-state index contributed by atoms with van der Waals surface area (Å²) in [4.78, 5) is 38.6. The fourth-order valence-electron chi connectivity index (χ4n) is 2.89. The van der Waals surface area contributed by atoms with Gasteiger partial charge in [0.2, 0.25) is 5.91 Å². The molecule has 0 fully saturated rings. The molecule has 0 aromatic heterocycles. The van der Waals surface area contributed by atoms with Crippen LogP contribution in [0.2, 0.25) is 0 Å². The highest BCUT2D eigenvalue weighted by Crippen LogP contribution is 2.36.